The van der Waals surface area contributed by atoms with Crippen molar-refractivity contribution in [3.8, 4) is 0 Å². The van der Waals surface area contributed by atoms with Crippen LogP contribution >= 0.6 is 0 Å². The summed E-state index contributed by atoms with van der Waals surface area (Å²) in [6, 6.07) is 7.01. The summed E-state index contributed by atoms with van der Waals surface area (Å²) in [5.74, 6) is -0.108. The smallest absolute Gasteiger partial charge is 0.326 e. The third kappa shape index (κ3) is 2.42. The zero-order chi connectivity index (χ0) is 14.9. The number of rotatable bonds is 2. The minimum absolute atomic E-state index is 0.108. The number of anilines is 1. The second-order valence-electron chi connectivity index (χ2n) is 5.94. The summed E-state index contributed by atoms with van der Waals surface area (Å²) in [7, 11) is 0. The highest BCUT2D eigenvalue weighted by atomic mass is 16.2. The molecule has 0 unspecified atom stereocenters. The average Bonchev–Trinajstić information content (AvgIpc) is 2.66. The van der Waals surface area contributed by atoms with E-state index in [2.05, 4.69) is 5.32 Å². The Morgan fingerprint density at radius 1 is 1.14 bits per heavy atom. The van der Waals surface area contributed by atoms with Gasteiger partial charge in [0.2, 0.25) is 0 Å². The first-order chi connectivity index (χ1) is 10.2. The van der Waals surface area contributed by atoms with Crippen molar-refractivity contribution < 1.29 is 9.59 Å². The lowest BCUT2D eigenvalue weighted by molar-refractivity contribution is -0.122. The Hall–Kier alpha value is -1.88. The van der Waals surface area contributed by atoms with Gasteiger partial charge in [-0.15, -0.1) is 0 Å². The van der Waals surface area contributed by atoms with E-state index in [1.54, 1.807) is 6.07 Å². The topological polar surface area (TPSA) is 75.4 Å². The first-order valence-corrected chi connectivity index (χ1v) is 7.62. The van der Waals surface area contributed by atoms with Crippen molar-refractivity contribution in [2.24, 2.45) is 5.73 Å². The quantitative estimate of drug-likeness (QED) is 0.819. The van der Waals surface area contributed by atoms with Crippen LogP contribution in [0.5, 0.6) is 0 Å². The van der Waals surface area contributed by atoms with E-state index in [1.807, 2.05) is 18.2 Å². The summed E-state index contributed by atoms with van der Waals surface area (Å²) in [6.07, 6.45) is 5.72. The van der Waals surface area contributed by atoms with E-state index in [4.69, 9.17) is 5.73 Å². The number of benzene rings is 1. The second-order valence-corrected chi connectivity index (χ2v) is 5.94. The van der Waals surface area contributed by atoms with Crippen LogP contribution < -0.4 is 16.0 Å². The fraction of sp³-hybridized carbons (Fsp3) is 0.500. The number of urea groups is 1. The molecule has 1 heterocycles. The Kier molecular flexibility index (Phi) is 3.68. The number of imide groups is 1. The maximum Gasteiger partial charge on any atom is 0.329 e. The Balaban J connectivity index is 1.92. The van der Waals surface area contributed by atoms with Crippen molar-refractivity contribution in [3.63, 3.8) is 0 Å². The molecule has 3 N–H and O–H groups in total. The van der Waals surface area contributed by atoms with Gasteiger partial charge in [-0.05, 0) is 30.5 Å². The van der Waals surface area contributed by atoms with Crippen molar-refractivity contribution in [2.45, 2.75) is 50.6 Å². The summed E-state index contributed by atoms with van der Waals surface area (Å²) in [6.45, 7) is 0.392. The fourth-order valence-electron chi connectivity index (χ4n) is 3.35. The molecule has 0 bridgehead atoms. The predicted octanol–water partition coefficient (Wildman–Crippen LogP) is 2.29. The Bertz CT molecular complexity index is 562. The molecule has 1 aromatic carbocycles. The first-order valence-electron chi connectivity index (χ1n) is 7.62. The molecule has 1 spiro atoms. The zero-order valence-electron chi connectivity index (χ0n) is 12.1. The van der Waals surface area contributed by atoms with Gasteiger partial charge in [-0.25, -0.2) is 9.69 Å². The SMILES string of the molecule is NCc1cccc(N2C(=O)NC3(CCCCCC3)C2=O)c1. The van der Waals surface area contributed by atoms with Crippen LogP contribution in [0.15, 0.2) is 24.3 Å². The number of amides is 3. The summed E-state index contributed by atoms with van der Waals surface area (Å²) in [4.78, 5) is 26.5. The van der Waals surface area contributed by atoms with E-state index in [-0.39, 0.29) is 11.9 Å². The van der Waals surface area contributed by atoms with Crippen LogP contribution in [0.4, 0.5) is 10.5 Å². The highest BCUT2D eigenvalue weighted by Crippen LogP contribution is 2.35. The minimum Gasteiger partial charge on any atom is -0.326 e. The van der Waals surface area contributed by atoms with Crippen molar-refractivity contribution >= 4 is 17.6 Å². The molecule has 1 saturated heterocycles. The van der Waals surface area contributed by atoms with Gasteiger partial charge in [0.15, 0.2) is 0 Å². The lowest BCUT2D eigenvalue weighted by Gasteiger charge is -2.24. The first kappa shape index (κ1) is 14.1. The van der Waals surface area contributed by atoms with Crippen LogP contribution in [-0.2, 0) is 11.3 Å². The van der Waals surface area contributed by atoms with E-state index < -0.39 is 5.54 Å². The van der Waals surface area contributed by atoms with Crippen molar-refractivity contribution in [2.75, 3.05) is 4.90 Å². The second kappa shape index (κ2) is 5.48. The molecule has 21 heavy (non-hydrogen) atoms. The standard InChI is InChI=1S/C16H21N3O2/c17-11-12-6-5-7-13(10-12)19-14(20)16(18-15(19)21)8-3-1-2-4-9-16/h5-7,10H,1-4,8-9,11,17H2,(H,18,21). The van der Waals surface area contributed by atoms with Gasteiger partial charge >= 0.3 is 6.03 Å². The summed E-state index contributed by atoms with van der Waals surface area (Å²) in [5, 5.41) is 2.95. The maximum atomic E-state index is 12.9. The van der Waals surface area contributed by atoms with E-state index in [9.17, 15) is 9.59 Å². The highest BCUT2D eigenvalue weighted by molar-refractivity contribution is 6.23. The van der Waals surface area contributed by atoms with Crippen molar-refractivity contribution in [1.82, 2.24) is 5.32 Å². The number of nitrogens with two attached hydrogens (primary N) is 1. The molecule has 5 nitrogen and oxygen atoms in total. The molecule has 3 rings (SSSR count). The average molecular weight is 287 g/mol. The lowest BCUT2D eigenvalue weighted by Crippen LogP contribution is -2.46. The normalized spacial score (nSPS) is 21.5. The summed E-state index contributed by atoms with van der Waals surface area (Å²) >= 11 is 0. The van der Waals surface area contributed by atoms with Gasteiger partial charge in [-0.2, -0.15) is 0 Å². The van der Waals surface area contributed by atoms with Crippen molar-refractivity contribution in [3.05, 3.63) is 29.8 Å². The molecule has 3 amide bonds. The number of hydrogen-bond donors (Lipinski definition) is 2. The van der Waals surface area contributed by atoms with Crippen LogP contribution in [-0.4, -0.2) is 17.5 Å². The minimum atomic E-state index is -0.688. The van der Waals surface area contributed by atoms with Crippen LogP contribution in [0.1, 0.15) is 44.1 Å². The molecule has 1 aromatic rings. The number of nitrogens with zero attached hydrogens (tertiary/aromatic N) is 1. The molecule has 5 heteroatoms. The van der Waals surface area contributed by atoms with Crippen LogP contribution in [0, 0.1) is 0 Å². The van der Waals surface area contributed by atoms with Gasteiger partial charge < -0.3 is 11.1 Å². The molecule has 2 aliphatic rings. The van der Waals surface area contributed by atoms with Crippen molar-refractivity contribution in [1.29, 1.82) is 0 Å². The molecular formula is C16H21N3O2. The third-order valence-corrected chi connectivity index (χ3v) is 4.52. The Morgan fingerprint density at radius 3 is 2.52 bits per heavy atom. The molecule has 112 valence electrons. The molecule has 1 aliphatic carbocycles. The number of carbonyl (C=O) groups is 2. The molecule has 0 atom stereocenters. The monoisotopic (exact) mass is 287 g/mol. The predicted molar refractivity (Wildman–Crippen MR) is 80.8 cm³/mol. The van der Waals surface area contributed by atoms with E-state index >= 15 is 0 Å². The fourth-order valence-corrected chi connectivity index (χ4v) is 3.35. The summed E-state index contributed by atoms with van der Waals surface area (Å²) in [5.41, 5.74) is 6.48. The number of carbonyl (C=O) groups excluding carboxylic acids is 2. The van der Waals surface area contributed by atoms with Gasteiger partial charge in [-0.3, -0.25) is 4.79 Å². The van der Waals surface area contributed by atoms with Gasteiger partial charge in [-0.1, -0.05) is 37.8 Å². The van der Waals surface area contributed by atoms with E-state index in [0.29, 0.717) is 12.2 Å². The van der Waals surface area contributed by atoms with Crippen LogP contribution in [0.3, 0.4) is 0 Å². The van der Waals surface area contributed by atoms with Crippen LogP contribution in [0.2, 0.25) is 0 Å². The summed E-state index contributed by atoms with van der Waals surface area (Å²) < 4.78 is 0. The largest absolute Gasteiger partial charge is 0.329 e. The van der Waals surface area contributed by atoms with Gasteiger partial charge in [0.1, 0.15) is 5.54 Å². The third-order valence-electron chi connectivity index (χ3n) is 4.52. The zero-order valence-corrected chi connectivity index (χ0v) is 12.1. The number of nitrogens with one attached hydrogen (secondary N) is 1. The number of hydrogen-bond acceptors (Lipinski definition) is 3. The lowest BCUT2D eigenvalue weighted by atomic mass is 9.90. The molecule has 0 aromatic heterocycles. The Morgan fingerprint density at radius 2 is 1.86 bits per heavy atom. The molecule has 1 aliphatic heterocycles. The molecule has 0 radical (unpaired) electrons. The maximum absolute atomic E-state index is 12.9. The van der Waals surface area contributed by atoms with Gasteiger partial charge in [0, 0.05) is 6.54 Å². The van der Waals surface area contributed by atoms with Gasteiger partial charge in [0.05, 0.1) is 5.69 Å². The molecule has 1 saturated carbocycles. The van der Waals surface area contributed by atoms with E-state index in [1.165, 1.54) is 4.90 Å². The van der Waals surface area contributed by atoms with Gasteiger partial charge in [0.25, 0.3) is 5.91 Å². The van der Waals surface area contributed by atoms with E-state index in [0.717, 1.165) is 44.1 Å². The van der Waals surface area contributed by atoms with Crippen LogP contribution in [0.25, 0.3) is 0 Å². The highest BCUT2D eigenvalue weighted by Gasteiger charge is 2.51. The molecular weight excluding hydrogens is 266 g/mol. The molecule has 2 fully saturated rings. The Labute approximate surface area is 124 Å².